The molecule has 8 nitrogen and oxygen atoms in total. The van der Waals surface area contributed by atoms with Crippen molar-refractivity contribution in [2.24, 2.45) is 22.9 Å². The fourth-order valence-corrected chi connectivity index (χ4v) is 0. The Labute approximate surface area is 93.9 Å². The van der Waals surface area contributed by atoms with Gasteiger partial charge in [-0.3, -0.25) is 8.42 Å². The van der Waals surface area contributed by atoms with E-state index in [0.717, 1.165) is 0 Å². The van der Waals surface area contributed by atoms with Crippen molar-refractivity contribution in [3.63, 3.8) is 0 Å². The predicted molar refractivity (Wildman–Crippen MR) is 46.7 cm³/mol. The van der Waals surface area contributed by atoms with Crippen LogP contribution in [0.25, 0.3) is 0 Å². The molecule has 0 aliphatic heterocycles. The zero-order chi connectivity index (χ0) is 11.3. The first-order valence-electron chi connectivity index (χ1n) is 3.30. The molecule has 10 heteroatoms. The molecule has 0 aromatic rings. The topological polar surface area (TPSA) is 184 Å². The maximum Gasteiger partial charge on any atom is 2.00 e. The van der Waals surface area contributed by atoms with Gasteiger partial charge in [0.15, 0.2) is 0 Å². The number of hydrogen-bond donors (Lipinski definition) is 4. The van der Waals surface area contributed by atoms with Crippen molar-refractivity contribution in [2.45, 2.75) is 0 Å². The minimum Gasteiger partial charge on any atom is -0.759 e. The van der Waals surface area contributed by atoms with Crippen LogP contribution in [0, 0.1) is 0 Å². The molecular formula is C4H16N4NiO4S. The number of rotatable bonds is 2. The van der Waals surface area contributed by atoms with Crippen molar-refractivity contribution >= 4 is 10.4 Å². The van der Waals surface area contributed by atoms with E-state index in [1.54, 1.807) is 0 Å². The van der Waals surface area contributed by atoms with E-state index in [-0.39, 0.29) is 16.5 Å². The molecule has 0 radical (unpaired) electrons. The van der Waals surface area contributed by atoms with Crippen molar-refractivity contribution in [3.8, 4) is 0 Å². The summed E-state index contributed by atoms with van der Waals surface area (Å²) in [7, 11) is -5.17. The molecule has 0 aromatic carbocycles. The van der Waals surface area contributed by atoms with Crippen molar-refractivity contribution in [3.05, 3.63) is 0 Å². The molecule has 8 N–H and O–H groups in total. The molecule has 14 heavy (non-hydrogen) atoms. The molecule has 0 saturated carbocycles. The second kappa shape index (κ2) is 18.9. The molecular weight excluding hydrogens is 259 g/mol. The molecule has 0 heterocycles. The second-order valence-corrected chi connectivity index (χ2v) is 2.38. The van der Waals surface area contributed by atoms with E-state index < -0.39 is 10.4 Å². The molecule has 0 rings (SSSR count). The zero-order valence-electron chi connectivity index (χ0n) is 7.50. The average molecular weight is 275 g/mol. The monoisotopic (exact) mass is 274 g/mol. The van der Waals surface area contributed by atoms with Crippen molar-refractivity contribution < 1.29 is 34.0 Å². The van der Waals surface area contributed by atoms with Gasteiger partial charge in [-0.2, -0.15) is 0 Å². The minimum atomic E-state index is -5.17. The third kappa shape index (κ3) is 315. The van der Waals surface area contributed by atoms with Crippen LogP contribution < -0.4 is 22.9 Å². The van der Waals surface area contributed by atoms with Gasteiger partial charge in [0.25, 0.3) is 0 Å². The summed E-state index contributed by atoms with van der Waals surface area (Å²) < 4.78 is 34.1. The Morgan fingerprint density at radius 2 is 0.857 bits per heavy atom. The quantitative estimate of drug-likeness (QED) is 0.227. The van der Waals surface area contributed by atoms with Crippen LogP contribution in [0.1, 0.15) is 0 Å². The van der Waals surface area contributed by atoms with Gasteiger partial charge in [-0.15, -0.1) is 0 Å². The van der Waals surface area contributed by atoms with Crippen molar-refractivity contribution in [1.29, 1.82) is 0 Å². The Bertz CT molecular complexity index is 149. The SMILES string of the molecule is NCCN.NCCN.O=S(=O)([O-])[O-].[Ni+2]. The van der Waals surface area contributed by atoms with Crippen LogP contribution in [0.3, 0.4) is 0 Å². The third-order valence-corrected chi connectivity index (χ3v) is 0.333. The van der Waals surface area contributed by atoms with Gasteiger partial charge >= 0.3 is 16.5 Å². The van der Waals surface area contributed by atoms with Crippen LogP contribution in [0.2, 0.25) is 0 Å². The molecule has 0 aromatic heterocycles. The van der Waals surface area contributed by atoms with Crippen LogP contribution in [0.5, 0.6) is 0 Å². The van der Waals surface area contributed by atoms with Gasteiger partial charge in [0.2, 0.25) is 0 Å². The van der Waals surface area contributed by atoms with E-state index in [2.05, 4.69) is 0 Å². The molecule has 0 unspecified atom stereocenters. The fourth-order valence-electron chi connectivity index (χ4n) is 0. The van der Waals surface area contributed by atoms with Gasteiger partial charge in [-0.25, -0.2) is 0 Å². The van der Waals surface area contributed by atoms with Gasteiger partial charge in [0.05, 0.1) is 0 Å². The van der Waals surface area contributed by atoms with Gasteiger partial charge < -0.3 is 32.0 Å². The molecule has 0 saturated heterocycles. The van der Waals surface area contributed by atoms with Crippen LogP contribution in [-0.2, 0) is 26.9 Å². The van der Waals surface area contributed by atoms with Gasteiger partial charge in [0, 0.05) is 36.6 Å². The van der Waals surface area contributed by atoms with E-state index >= 15 is 0 Å². The summed E-state index contributed by atoms with van der Waals surface area (Å²) >= 11 is 0. The molecule has 0 aliphatic rings. The maximum absolute atomic E-state index is 8.52. The van der Waals surface area contributed by atoms with Crippen LogP contribution >= 0.6 is 0 Å². The minimum absolute atomic E-state index is 0. The molecule has 0 spiro atoms. The summed E-state index contributed by atoms with van der Waals surface area (Å²) in [6.07, 6.45) is 0. The Kier molecular flexibility index (Phi) is 32.1. The molecule has 0 amide bonds. The molecule has 0 atom stereocenters. The molecule has 0 bridgehead atoms. The first-order chi connectivity index (χ1) is 5.83. The van der Waals surface area contributed by atoms with Gasteiger partial charge in [-0.1, -0.05) is 0 Å². The Morgan fingerprint density at radius 1 is 0.786 bits per heavy atom. The van der Waals surface area contributed by atoms with E-state index in [1.165, 1.54) is 0 Å². The molecule has 0 aliphatic carbocycles. The first kappa shape index (κ1) is 23.8. The van der Waals surface area contributed by atoms with E-state index in [1.807, 2.05) is 0 Å². The van der Waals surface area contributed by atoms with E-state index in [0.29, 0.717) is 26.2 Å². The van der Waals surface area contributed by atoms with E-state index in [4.69, 9.17) is 40.5 Å². The first-order valence-corrected chi connectivity index (χ1v) is 4.63. The Hall–Kier alpha value is 0.204. The number of nitrogens with two attached hydrogens (primary N) is 4. The van der Waals surface area contributed by atoms with Gasteiger partial charge in [-0.05, 0) is 0 Å². The summed E-state index contributed by atoms with van der Waals surface area (Å²) in [6.45, 7) is 2.39. The predicted octanol–water partition coefficient (Wildman–Crippen LogP) is -3.53. The summed E-state index contributed by atoms with van der Waals surface area (Å²) in [5.74, 6) is 0. The summed E-state index contributed by atoms with van der Waals surface area (Å²) in [6, 6.07) is 0. The second-order valence-electron chi connectivity index (χ2n) is 1.56. The molecule has 92 valence electrons. The molecule has 0 fully saturated rings. The average Bonchev–Trinajstić information content (AvgIpc) is 2.01. The van der Waals surface area contributed by atoms with E-state index in [9.17, 15) is 0 Å². The number of hydrogen-bond acceptors (Lipinski definition) is 8. The zero-order valence-corrected chi connectivity index (χ0v) is 9.30. The standard InChI is InChI=1S/2C2H8N2.Ni.H2O4S/c2*3-1-2-4;;1-5(2,3)4/h2*1-4H2;;(H2,1,2,3,4)/q;;+2;/p-2. The Morgan fingerprint density at radius 3 is 0.857 bits per heavy atom. The Balaban J connectivity index is -0.0000000522. The van der Waals surface area contributed by atoms with Gasteiger partial charge in [0.1, 0.15) is 0 Å². The van der Waals surface area contributed by atoms with Crippen LogP contribution in [-0.4, -0.2) is 43.7 Å². The fraction of sp³-hybridized carbons (Fsp3) is 1.00. The van der Waals surface area contributed by atoms with Crippen LogP contribution in [0.4, 0.5) is 0 Å². The van der Waals surface area contributed by atoms with Crippen LogP contribution in [0.15, 0.2) is 0 Å². The smallest absolute Gasteiger partial charge is 0.759 e. The summed E-state index contributed by atoms with van der Waals surface area (Å²) in [5, 5.41) is 0. The largest absolute Gasteiger partial charge is 2.00 e. The summed E-state index contributed by atoms with van der Waals surface area (Å²) in [4.78, 5) is 0. The van der Waals surface area contributed by atoms with Crippen molar-refractivity contribution in [2.75, 3.05) is 26.2 Å². The normalized spacial score (nSPS) is 8.43. The summed E-state index contributed by atoms with van der Waals surface area (Å²) in [5.41, 5.74) is 19.6. The maximum atomic E-state index is 8.52. The van der Waals surface area contributed by atoms with Crippen molar-refractivity contribution in [1.82, 2.24) is 0 Å². The third-order valence-electron chi connectivity index (χ3n) is 0.333.